The van der Waals surface area contributed by atoms with Gasteiger partial charge >= 0.3 is 18.9 Å². The number of hydrogen-bond acceptors (Lipinski definition) is 0. The van der Waals surface area contributed by atoms with E-state index >= 15 is 0 Å². The Hall–Kier alpha value is -0.253. The molecule has 0 aromatic heterocycles. The van der Waals surface area contributed by atoms with Crippen LogP contribution in [-0.2, 0) is 5.41 Å². The minimum Gasteiger partial charge on any atom is -0.236 e. The van der Waals surface area contributed by atoms with Gasteiger partial charge in [0.15, 0.2) is 0 Å². The van der Waals surface area contributed by atoms with Gasteiger partial charge in [-0.05, 0) is 0 Å². The quantitative estimate of drug-likeness (QED) is 0.388. The number of hydrogen-bond donors (Lipinski definition) is 0. The maximum Gasteiger partial charge on any atom is 1.00 e. The minimum atomic E-state index is -0.247. The first-order valence-electron chi connectivity index (χ1n) is 4.09. The van der Waals surface area contributed by atoms with Gasteiger partial charge in [-0.1, -0.05) is 33.1 Å². The maximum absolute atomic E-state index is 12.8. The zero-order chi connectivity index (χ0) is 9.35. The van der Waals surface area contributed by atoms with Crippen molar-refractivity contribution in [2.75, 3.05) is 0 Å². The average Bonchev–Trinajstić information content (AvgIpc) is 1.92. The zero-order valence-electron chi connectivity index (χ0n) is 9.03. The van der Waals surface area contributed by atoms with E-state index < -0.39 is 0 Å². The molecule has 0 N–H and O–H groups in total. The first-order chi connectivity index (χ1) is 5.41. The third-order valence-corrected chi connectivity index (χ3v) is 1.94. The van der Waals surface area contributed by atoms with E-state index in [1.165, 1.54) is 0 Å². The van der Waals surface area contributed by atoms with Crippen LogP contribution in [-0.4, -0.2) is 0 Å². The van der Waals surface area contributed by atoms with Crippen molar-refractivity contribution in [3.8, 4) is 0 Å². The molecule has 0 radical (unpaired) electrons. The van der Waals surface area contributed by atoms with Crippen LogP contribution in [0.5, 0.6) is 0 Å². The van der Waals surface area contributed by atoms with E-state index in [1.54, 1.807) is 13.0 Å². The monoisotopic (exact) mass is 172 g/mol. The van der Waals surface area contributed by atoms with Gasteiger partial charge < -0.3 is 0 Å². The Morgan fingerprint density at radius 1 is 1.31 bits per heavy atom. The van der Waals surface area contributed by atoms with Crippen LogP contribution in [0.1, 0.15) is 31.9 Å². The van der Waals surface area contributed by atoms with Crippen molar-refractivity contribution in [1.82, 2.24) is 0 Å². The molecule has 0 heterocycles. The van der Waals surface area contributed by atoms with E-state index in [9.17, 15) is 4.39 Å². The van der Waals surface area contributed by atoms with Crippen molar-refractivity contribution in [2.24, 2.45) is 0 Å². The fraction of sp³-hybridized carbons (Fsp3) is 0.455. The SMILES string of the molecule is Cc1cc(C(C)(C)C)c[c-]c1F.[Li+]. The van der Waals surface area contributed by atoms with Gasteiger partial charge in [0.1, 0.15) is 0 Å². The van der Waals surface area contributed by atoms with Crippen molar-refractivity contribution >= 4 is 0 Å². The van der Waals surface area contributed by atoms with Crippen LogP contribution in [0.4, 0.5) is 4.39 Å². The van der Waals surface area contributed by atoms with Crippen LogP contribution in [0.2, 0.25) is 0 Å². The summed E-state index contributed by atoms with van der Waals surface area (Å²) in [6, 6.07) is 6.21. The van der Waals surface area contributed by atoms with E-state index in [0.29, 0.717) is 5.56 Å². The Labute approximate surface area is 91.7 Å². The molecule has 1 aromatic rings. The number of benzene rings is 1. The van der Waals surface area contributed by atoms with Crippen LogP contribution in [0.15, 0.2) is 12.1 Å². The molecule has 0 bridgehead atoms. The van der Waals surface area contributed by atoms with Crippen molar-refractivity contribution < 1.29 is 23.3 Å². The molecule has 1 rings (SSSR count). The van der Waals surface area contributed by atoms with Crippen molar-refractivity contribution in [3.05, 3.63) is 35.1 Å². The molecule has 0 atom stereocenters. The summed E-state index contributed by atoms with van der Waals surface area (Å²) in [5.41, 5.74) is 1.87. The second-order valence-corrected chi connectivity index (χ2v) is 4.14. The van der Waals surface area contributed by atoms with Gasteiger partial charge in [-0.3, -0.25) is 0 Å². The molecule has 0 spiro atoms. The molecule has 0 amide bonds. The maximum atomic E-state index is 12.8. The van der Waals surface area contributed by atoms with Crippen LogP contribution in [0.3, 0.4) is 0 Å². The van der Waals surface area contributed by atoms with E-state index in [4.69, 9.17) is 0 Å². The Morgan fingerprint density at radius 2 is 1.85 bits per heavy atom. The van der Waals surface area contributed by atoms with Gasteiger partial charge in [-0.15, -0.1) is 11.6 Å². The predicted molar refractivity (Wildman–Crippen MR) is 48.7 cm³/mol. The molecule has 0 aliphatic rings. The van der Waals surface area contributed by atoms with Gasteiger partial charge in [0.05, 0.1) is 0 Å². The molecule has 0 aliphatic carbocycles. The summed E-state index contributed by atoms with van der Waals surface area (Å²) in [6.07, 6.45) is 0. The minimum absolute atomic E-state index is 0. The third-order valence-electron chi connectivity index (χ3n) is 1.94. The van der Waals surface area contributed by atoms with Gasteiger partial charge in [-0.25, -0.2) is 4.39 Å². The molecule has 0 fully saturated rings. The second-order valence-electron chi connectivity index (χ2n) is 4.14. The smallest absolute Gasteiger partial charge is 0.236 e. The second kappa shape index (κ2) is 4.31. The molecule has 0 nitrogen and oxygen atoms in total. The van der Waals surface area contributed by atoms with Gasteiger partial charge in [0, 0.05) is 5.82 Å². The first-order valence-corrected chi connectivity index (χ1v) is 4.09. The third kappa shape index (κ3) is 3.18. The number of aryl methyl sites for hydroxylation is 1. The fourth-order valence-corrected chi connectivity index (χ4v) is 1.03. The molecule has 0 aliphatic heterocycles. The number of halogens is 1. The standard InChI is InChI=1S/C11H14F.Li/c1-8-7-9(11(2,3)4)5-6-10(8)12;/h5,7H,1-4H3;/q-1;+1. The van der Waals surface area contributed by atoms with Gasteiger partial charge in [0.2, 0.25) is 0 Å². The topological polar surface area (TPSA) is 0 Å². The summed E-state index contributed by atoms with van der Waals surface area (Å²) in [7, 11) is 0. The van der Waals surface area contributed by atoms with Crippen molar-refractivity contribution in [3.63, 3.8) is 0 Å². The summed E-state index contributed by atoms with van der Waals surface area (Å²) in [5.74, 6) is -0.247. The van der Waals surface area contributed by atoms with E-state index in [2.05, 4.69) is 26.8 Å². The Bertz CT molecular complexity index is 287. The van der Waals surface area contributed by atoms with Crippen LogP contribution in [0.25, 0.3) is 0 Å². The van der Waals surface area contributed by atoms with Gasteiger partial charge in [0.25, 0.3) is 0 Å². The molecular weight excluding hydrogens is 158 g/mol. The summed E-state index contributed by atoms with van der Waals surface area (Å²) in [6.45, 7) is 8.08. The summed E-state index contributed by atoms with van der Waals surface area (Å²) in [5, 5.41) is 0. The Balaban J connectivity index is 0.00000144. The van der Waals surface area contributed by atoms with Crippen LogP contribution >= 0.6 is 0 Å². The van der Waals surface area contributed by atoms with Crippen LogP contribution < -0.4 is 18.9 Å². The molecule has 1 aromatic carbocycles. The Morgan fingerprint density at radius 3 is 2.23 bits per heavy atom. The average molecular weight is 172 g/mol. The molecule has 2 heteroatoms. The zero-order valence-corrected chi connectivity index (χ0v) is 9.03. The Kier molecular flexibility index (Phi) is 4.22. The van der Waals surface area contributed by atoms with E-state index in [-0.39, 0.29) is 30.1 Å². The molecule has 13 heavy (non-hydrogen) atoms. The summed E-state index contributed by atoms with van der Waals surface area (Å²) in [4.78, 5) is 0. The molecule has 0 unspecified atom stereocenters. The molecule has 66 valence electrons. The molecular formula is C11H14FLi. The van der Waals surface area contributed by atoms with E-state index in [0.717, 1.165) is 5.56 Å². The molecule has 0 saturated carbocycles. The first kappa shape index (κ1) is 12.7. The normalized spacial score (nSPS) is 10.8. The summed E-state index contributed by atoms with van der Waals surface area (Å²) < 4.78 is 12.8. The predicted octanol–water partition coefficient (Wildman–Crippen LogP) is 0.236. The fourth-order valence-electron chi connectivity index (χ4n) is 1.03. The van der Waals surface area contributed by atoms with Crippen molar-refractivity contribution in [2.45, 2.75) is 33.1 Å². The van der Waals surface area contributed by atoms with Gasteiger partial charge in [-0.2, -0.15) is 17.7 Å². The van der Waals surface area contributed by atoms with Crippen LogP contribution in [0, 0.1) is 18.8 Å². The van der Waals surface area contributed by atoms with E-state index in [1.807, 2.05) is 6.07 Å². The number of rotatable bonds is 0. The summed E-state index contributed by atoms with van der Waals surface area (Å²) >= 11 is 0. The largest absolute Gasteiger partial charge is 1.00 e. The molecule has 0 saturated heterocycles. The van der Waals surface area contributed by atoms with Crippen molar-refractivity contribution in [1.29, 1.82) is 0 Å².